The number of nitrogens with zero attached hydrogens (tertiary/aromatic N) is 1. The summed E-state index contributed by atoms with van der Waals surface area (Å²) in [4.78, 5) is 6.21. The third kappa shape index (κ3) is 3.81. The van der Waals surface area contributed by atoms with Crippen molar-refractivity contribution in [2.75, 3.05) is 5.75 Å². The van der Waals surface area contributed by atoms with Gasteiger partial charge >= 0.3 is 0 Å². The Morgan fingerprint density at radius 1 is 0.867 bits per heavy atom. The Hall–Kier alpha value is -2.46. The standard InChI is InChI=1S/C25H17Cl2NOS/c26-21-7-4-8-22(27)18(21)10-12-23-19-13-14-30-25(19)20-15-17(9-11-24(20)28-23)29-16-5-2-1-3-6-16/h1-12,15H,13-14H2/b12-10+. The molecular weight excluding hydrogens is 433 g/mol. The van der Waals surface area contributed by atoms with Crippen molar-refractivity contribution in [3.8, 4) is 11.5 Å². The molecule has 2 nitrogen and oxygen atoms in total. The predicted octanol–water partition coefficient (Wildman–Crippen LogP) is 8.15. The second kappa shape index (κ2) is 8.35. The Morgan fingerprint density at radius 3 is 2.47 bits per heavy atom. The van der Waals surface area contributed by atoms with Crippen molar-refractivity contribution in [2.45, 2.75) is 11.3 Å². The predicted molar refractivity (Wildman–Crippen MR) is 128 cm³/mol. The molecule has 1 aromatic heterocycles. The molecule has 5 rings (SSSR count). The highest BCUT2D eigenvalue weighted by Crippen LogP contribution is 2.40. The van der Waals surface area contributed by atoms with E-state index in [1.54, 1.807) is 0 Å². The van der Waals surface area contributed by atoms with Crippen LogP contribution in [-0.4, -0.2) is 10.7 Å². The summed E-state index contributed by atoms with van der Waals surface area (Å²) in [5.74, 6) is 2.69. The lowest BCUT2D eigenvalue weighted by Gasteiger charge is -2.11. The fourth-order valence-corrected chi connectivity index (χ4v) is 5.32. The van der Waals surface area contributed by atoms with E-state index in [1.165, 1.54) is 10.5 Å². The minimum Gasteiger partial charge on any atom is -0.457 e. The first-order valence-electron chi connectivity index (χ1n) is 9.63. The number of ether oxygens (including phenoxy) is 1. The third-order valence-corrected chi connectivity index (χ3v) is 6.84. The lowest BCUT2D eigenvalue weighted by Crippen LogP contribution is -1.94. The van der Waals surface area contributed by atoms with Crippen molar-refractivity contribution < 1.29 is 4.74 Å². The van der Waals surface area contributed by atoms with Crippen LogP contribution in [0.25, 0.3) is 23.1 Å². The van der Waals surface area contributed by atoms with Crippen molar-refractivity contribution in [3.05, 3.63) is 93.6 Å². The van der Waals surface area contributed by atoms with Gasteiger partial charge in [0, 0.05) is 31.6 Å². The average Bonchev–Trinajstić information content (AvgIpc) is 3.25. The smallest absolute Gasteiger partial charge is 0.128 e. The average molecular weight is 450 g/mol. The molecule has 0 spiro atoms. The minimum atomic E-state index is 0.633. The number of fused-ring (bicyclic) bond motifs is 3. The largest absolute Gasteiger partial charge is 0.457 e. The highest BCUT2D eigenvalue weighted by Gasteiger charge is 2.20. The number of rotatable bonds is 4. The van der Waals surface area contributed by atoms with Crippen molar-refractivity contribution in [2.24, 2.45) is 0 Å². The number of aromatic nitrogens is 1. The van der Waals surface area contributed by atoms with E-state index >= 15 is 0 Å². The summed E-state index contributed by atoms with van der Waals surface area (Å²) < 4.78 is 6.03. The highest BCUT2D eigenvalue weighted by molar-refractivity contribution is 7.99. The summed E-state index contributed by atoms with van der Waals surface area (Å²) in [6.45, 7) is 0. The topological polar surface area (TPSA) is 22.1 Å². The molecule has 0 fully saturated rings. The van der Waals surface area contributed by atoms with E-state index in [4.69, 9.17) is 32.9 Å². The van der Waals surface area contributed by atoms with Crippen LogP contribution in [0.15, 0.2) is 71.6 Å². The molecule has 0 amide bonds. The first-order valence-corrected chi connectivity index (χ1v) is 11.4. The first kappa shape index (κ1) is 19.5. The summed E-state index contributed by atoms with van der Waals surface area (Å²) in [7, 11) is 0. The van der Waals surface area contributed by atoms with Gasteiger partial charge in [0.05, 0.1) is 11.2 Å². The van der Waals surface area contributed by atoms with Crippen LogP contribution in [0.4, 0.5) is 0 Å². The monoisotopic (exact) mass is 449 g/mol. The van der Waals surface area contributed by atoms with Gasteiger partial charge in [0.25, 0.3) is 0 Å². The van der Waals surface area contributed by atoms with Crippen LogP contribution in [0.3, 0.4) is 0 Å². The molecule has 148 valence electrons. The Labute approximate surface area is 189 Å². The van der Waals surface area contributed by atoms with Crippen LogP contribution in [0.1, 0.15) is 16.8 Å². The lowest BCUT2D eigenvalue weighted by molar-refractivity contribution is 0.483. The number of thioether (sulfide) groups is 1. The van der Waals surface area contributed by atoms with Gasteiger partial charge in [0.1, 0.15) is 11.5 Å². The van der Waals surface area contributed by atoms with Gasteiger partial charge < -0.3 is 4.74 Å². The fourth-order valence-electron chi connectivity index (χ4n) is 3.59. The van der Waals surface area contributed by atoms with Gasteiger partial charge in [0.15, 0.2) is 0 Å². The highest BCUT2D eigenvalue weighted by atomic mass is 35.5. The zero-order valence-corrected chi connectivity index (χ0v) is 18.3. The van der Waals surface area contributed by atoms with E-state index in [2.05, 4.69) is 6.07 Å². The van der Waals surface area contributed by atoms with Gasteiger partial charge in [-0.3, -0.25) is 0 Å². The molecule has 3 aromatic carbocycles. The zero-order valence-electron chi connectivity index (χ0n) is 15.9. The SMILES string of the molecule is Clc1cccc(Cl)c1/C=C/c1nc2ccc(Oc3ccccc3)cc2c2c1CCS2. The van der Waals surface area contributed by atoms with Gasteiger partial charge in [0.2, 0.25) is 0 Å². The maximum atomic E-state index is 6.32. The molecule has 4 aromatic rings. The zero-order chi connectivity index (χ0) is 20.5. The molecule has 0 atom stereocenters. The van der Waals surface area contributed by atoms with Crippen LogP contribution >= 0.6 is 35.0 Å². The van der Waals surface area contributed by atoms with Crippen molar-refractivity contribution in [1.29, 1.82) is 0 Å². The van der Waals surface area contributed by atoms with E-state index < -0.39 is 0 Å². The summed E-state index contributed by atoms with van der Waals surface area (Å²) in [5, 5.41) is 2.40. The molecule has 0 radical (unpaired) electrons. The molecular formula is C25H17Cl2NOS. The van der Waals surface area contributed by atoms with Crippen LogP contribution in [0, 0.1) is 0 Å². The Bertz CT molecular complexity index is 1250. The van der Waals surface area contributed by atoms with Crippen molar-refractivity contribution >= 4 is 58.0 Å². The Balaban J connectivity index is 1.55. The number of hydrogen-bond acceptors (Lipinski definition) is 3. The van der Waals surface area contributed by atoms with Crippen LogP contribution < -0.4 is 4.74 Å². The van der Waals surface area contributed by atoms with Crippen molar-refractivity contribution in [3.63, 3.8) is 0 Å². The van der Waals surface area contributed by atoms with Gasteiger partial charge in [-0.15, -0.1) is 11.8 Å². The molecule has 0 bridgehead atoms. The molecule has 2 heterocycles. The third-order valence-electron chi connectivity index (χ3n) is 5.02. The summed E-state index contributed by atoms with van der Waals surface area (Å²) in [6.07, 6.45) is 4.96. The molecule has 0 saturated heterocycles. The molecule has 5 heteroatoms. The number of hydrogen-bond donors (Lipinski definition) is 0. The van der Waals surface area contributed by atoms with Crippen LogP contribution in [0.2, 0.25) is 10.0 Å². The molecule has 30 heavy (non-hydrogen) atoms. The normalized spacial score (nSPS) is 13.1. The molecule has 0 aliphatic carbocycles. The molecule has 0 unspecified atom stereocenters. The van der Waals surface area contributed by atoms with Crippen molar-refractivity contribution in [1.82, 2.24) is 4.98 Å². The molecule has 0 saturated carbocycles. The summed E-state index contributed by atoms with van der Waals surface area (Å²) in [6, 6.07) is 21.4. The number of halogens is 2. The van der Waals surface area contributed by atoms with E-state index in [9.17, 15) is 0 Å². The second-order valence-corrected chi connectivity index (χ2v) is 8.89. The van der Waals surface area contributed by atoms with E-state index in [-0.39, 0.29) is 0 Å². The minimum absolute atomic E-state index is 0.633. The molecule has 1 aliphatic heterocycles. The van der Waals surface area contributed by atoms with Crippen LogP contribution in [0.5, 0.6) is 11.5 Å². The van der Waals surface area contributed by atoms with Gasteiger partial charge in [-0.2, -0.15) is 0 Å². The quantitative estimate of drug-likeness (QED) is 0.313. The fraction of sp³-hybridized carbons (Fsp3) is 0.0800. The summed E-state index contributed by atoms with van der Waals surface area (Å²) >= 11 is 14.5. The van der Waals surface area contributed by atoms with Gasteiger partial charge in [-0.1, -0.05) is 47.5 Å². The molecule has 0 N–H and O–H groups in total. The van der Waals surface area contributed by atoms with E-state index in [0.717, 1.165) is 45.8 Å². The lowest BCUT2D eigenvalue weighted by atomic mass is 10.1. The Morgan fingerprint density at radius 2 is 1.67 bits per heavy atom. The van der Waals surface area contributed by atoms with E-state index in [0.29, 0.717) is 10.0 Å². The first-order chi connectivity index (χ1) is 14.7. The maximum Gasteiger partial charge on any atom is 0.128 e. The second-order valence-electron chi connectivity index (χ2n) is 6.97. The van der Waals surface area contributed by atoms with E-state index in [1.807, 2.05) is 84.6 Å². The maximum absolute atomic E-state index is 6.32. The number of para-hydroxylation sites is 1. The molecule has 1 aliphatic rings. The van der Waals surface area contributed by atoms with Crippen LogP contribution in [-0.2, 0) is 6.42 Å². The Kier molecular flexibility index (Phi) is 5.43. The number of pyridine rings is 1. The summed E-state index contributed by atoms with van der Waals surface area (Å²) in [5.41, 5.74) is 4.00. The van der Waals surface area contributed by atoms with Gasteiger partial charge in [-0.05, 0) is 66.6 Å². The van der Waals surface area contributed by atoms with Gasteiger partial charge in [-0.25, -0.2) is 4.98 Å². The number of benzene rings is 3.